The lowest BCUT2D eigenvalue weighted by atomic mass is 9.70. The van der Waals surface area contributed by atoms with E-state index >= 15 is 0 Å². The molecule has 1 heterocycles. The van der Waals surface area contributed by atoms with Gasteiger partial charge in [0.1, 0.15) is 5.01 Å². The molecule has 2 aliphatic rings. The molecule has 2 N–H and O–H groups in total. The zero-order valence-corrected chi connectivity index (χ0v) is 13.3. The maximum absolute atomic E-state index is 6.43. The first-order chi connectivity index (χ1) is 8.94. The highest BCUT2D eigenvalue weighted by Crippen LogP contribution is 2.45. The molecular weight excluding hydrogens is 252 g/mol. The second-order valence-electron chi connectivity index (χ2n) is 7.18. The fourth-order valence-corrected chi connectivity index (χ4v) is 4.66. The second-order valence-corrected chi connectivity index (χ2v) is 8.26. The van der Waals surface area contributed by atoms with Gasteiger partial charge >= 0.3 is 0 Å². The molecule has 0 bridgehead atoms. The molecule has 1 atom stereocenters. The summed E-state index contributed by atoms with van der Waals surface area (Å²) in [6.07, 6.45) is 8.48. The zero-order chi connectivity index (χ0) is 13.7. The van der Waals surface area contributed by atoms with Crippen LogP contribution in [0.15, 0.2) is 0 Å². The van der Waals surface area contributed by atoms with Gasteiger partial charge in [-0.1, -0.05) is 27.2 Å². The van der Waals surface area contributed by atoms with Gasteiger partial charge in [-0.15, -0.1) is 11.3 Å². The van der Waals surface area contributed by atoms with Crippen molar-refractivity contribution in [3.8, 4) is 0 Å². The van der Waals surface area contributed by atoms with E-state index in [0.29, 0.717) is 5.41 Å². The van der Waals surface area contributed by atoms with E-state index in [-0.39, 0.29) is 5.54 Å². The van der Waals surface area contributed by atoms with Crippen LogP contribution >= 0.6 is 11.3 Å². The molecule has 1 unspecified atom stereocenters. The number of nitrogens with zero attached hydrogens (tertiary/aromatic N) is 1. The number of hydrogen-bond acceptors (Lipinski definition) is 3. The summed E-state index contributed by atoms with van der Waals surface area (Å²) in [6, 6.07) is 0. The average Bonchev–Trinajstić information content (AvgIpc) is 2.78. The molecule has 2 nitrogen and oxygen atoms in total. The highest BCUT2D eigenvalue weighted by Gasteiger charge is 2.39. The van der Waals surface area contributed by atoms with Gasteiger partial charge in [0.05, 0.1) is 11.2 Å². The Morgan fingerprint density at radius 2 is 2.16 bits per heavy atom. The molecule has 0 spiro atoms. The van der Waals surface area contributed by atoms with Gasteiger partial charge < -0.3 is 5.73 Å². The van der Waals surface area contributed by atoms with Crippen LogP contribution in [0.3, 0.4) is 0 Å². The lowest BCUT2D eigenvalue weighted by molar-refractivity contribution is 0.183. The molecular formula is C16H26N2S. The van der Waals surface area contributed by atoms with Crippen molar-refractivity contribution in [2.24, 2.45) is 17.1 Å². The van der Waals surface area contributed by atoms with E-state index in [4.69, 9.17) is 10.7 Å². The third-order valence-electron chi connectivity index (χ3n) is 5.63. The van der Waals surface area contributed by atoms with Crippen LogP contribution in [0.5, 0.6) is 0 Å². The highest BCUT2D eigenvalue weighted by atomic mass is 32.1. The maximum atomic E-state index is 6.43. The van der Waals surface area contributed by atoms with Crippen molar-refractivity contribution in [3.63, 3.8) is 0 Å². The normalized spacial score (nSPS) is 25.8. The quantitative estimate of drug-likeness (QED) is 0.907. The summed E-state index contributed by atoms with van der Waals surface area (Å²) in [7, 11) is 0. The lowest BCUT2D eigenvalue weighted by Crippen LogP contribution is -2.43. The molecule has 1 aromatic heterocycles. The Bertz CT molecular complexity index is 471. The summed E-state index contributed by atoms with van der Waals surface area (Å²) in [5.41, 5.74) is 8.18. The van der Waals surface area contributed by atoms with Crippen molar-refractivity contribution < 1.29 is 0 Å². The smallest absolute Gasteiger partial charge is 0.113 e. The van der Waals surface area contributed by atoms with E-state index in [0.717, 1.165) is 25.2 Å². The standard InChI is InChI=1S/C16H26N2S/c1-4-15(2,3)11-6-7-12-13(10-11)19-14(18-12)16(17)8-5-9-16/h11H,4-10,17H2,1-3H3. The first-order valence-electron chi connectivity index (χ1n) is 7.72. The SMILES string of the molecule is CCC(C)(C)C1CCc2nc(C3(N)CCC3)sc2C1. The fourth-order valence-electron chi connectivity index (χ4n) is 3.32. The Hall–Kier alpha value is -0.410. The van der Waals surface area contributed by atoms with E-state index < -0.39 is 0 Å². The van der Waals surface area contributed by atoms with E-state index in [9.17, 15) is 0 Å². The number of hydrogen-bond donors (Lipinski definition) is 1. The van der Waals surface area contributed by atoms with Crippen molar-refractivity contribution in [3.05, 3.63) is 15.6 Å². The van der Waals surface area contributed by atoms with Crippen LogP contribution in [0.25, 0.3) is 0 Å². The summed E-state index contributed by atoms with van der Waals surface area (Å²) >= 11 is 1.91. The Labute approximate surface area is 120 Å². The maximum Gasteiger partial charge on any atom is 0.113 e. The molecule has 0 amide bonds. The minimum absolute atomic E-state index is 0.0716. The van der Waals surface area contributed by atoms with Crippen molar-refractivity contribution in [1.29, 1.82) is 0 Å². The van der Waals surface area contributed by atoms with Gasteiger partial charge in [0.15, 0.2) is 0 Å². The van der Waals surface area contributed by atoms with Crippen LogP contribution in [0.4, 0.5) is 0 Å². The first kappa shape index (κ1) is 13.6. The van der Waals surface area contributed by atoms with Crippen molar-refractivity contribution in [2.75, 3.05) is 0 Å². The molecule has 2 aliphatic carbocycles. The third kappa shape index (κ3) is 2.25. The van der Waals surface area contributed by atoms with Gasteiger partial charge in [-0.2, -0.15) is 0 Å². The molecule has 3 heteroatoms. The van der Waals surface area contributed by atoms with Gasteiger partial charge in [-0.05, 0) is 49.9 Å². The van der Waals surface area contributed by atoms with E-state index in [1.807, 2.05) is 11.3 Å². The van der Waals surface area contributed by atoms with E-state index in [2.05, 4.69) is 20.8 Å². The molecule has 0 aliphatic heterocycles. The minimum atomic E-state index is -0.0716. The van der Waals surface area contributed by atoms with Gasteiger partial charge in [0.2, 0.25) is 0 Å². The van der Waals surface area contributed by atoms with Gasteiger partial charge in [0, 0.05) is 4.88 Å². The van der Waals surface area contributed by atoms with Crippen molar-refractivity contribution in [1.82, 2.24) is 4.98 Å². The second kappa shape index (κ2) is 4.56. The Balaban J connectivity index is 1.82. The van der Waals surface area contributed by atoms with Crippen LogP contribution in [0, 0.1) is 11.3 Å². The Kier molecular flexibility index (Phi) is 3.25. The fraction of sp³-hybridized carbons (Fsp3) is 0.812. The molecule has 1 saturated carbocycles. The Morgan fingerprint density at radius 1 is 1.42 bits per heavy atom. The van der Waals surface area contributed by atoms with Crippen molar-refractivity contribution in [2.45, 2.75) is 71.3 Å². The summed E-state index contributed by atoms with van der Waals surface area (Å²) in [4.78, 5) is 6.41. The predicted octanol–water partition coefficient (Wildman–Crippen LogP) is 4.02. The molecule has 0 saturated heterocycles. The number of rotatable bonds is 3. The topological polar surface area (TPSA) is 38.9 Å². The summed E-state index contributed by atoms with van der Waals surface area (Å²) in [5.74, 6) is 0.813. The van der Waals surface area contributed by atoms with Crippen molar-refractivity contribution >= 4 is 11.3 Å². The monoisotopic (exact) mass is 278 g/mol. The lowest BCUT2D eigenvalue weighted by Gasteiger charge is -2.36. The average molecular weight is 278 g/mol. The van der Waals surface area contributed by atoms with Crippen LogP contribution < -0.4 is 5.73 Å². The van der Waals surface area contributed by atoms with Crippen LogP contribution in [0.1, 0.15) is 68.5 Å². The third-order valence-corrected chi connectivity index (χ3v) is 6.97. The van der Waals surface area contributed by atoms with Gasteiger partial charge in [-0.3, -0.25) is 0 Å². The Morgan fingerprint density at radius 3 is 2.74 bits per heavy atom. The summed E-state index contributed by atoms with van der Waals surface area (Å²) in [5, 5.41) is 1.22. The van der Waals surface area contributed by atoms with Crippen LogP contribution in [0.2, 0.25) is 0 Å². The van der Waals surface area contributed by atoms with Gasteiger partial charge in [-0.25, -0.2) is 4.98 Å². The number of thiazole rings is 1. The highest BCUT2D eigenvalue weighted by molar-refractivity contribution is 7.11. The first-order valence-corrected chi connectivity index (χ1v) is 8.54. The van der Waals surface area contributed by atoms with Crippen LogP contribution in [-0.4, -0.2) is 4.98 Å². The number of aryl methyl sites for hydroxylation is 1. The number of fused-ring (bicyclic) bond motifs is 1. The van der Waals surface area contributed by atoms with Gasteiger partial charge in [0.25, 0.3) is 0 Å². The predicted molar refractivity (Wildman–Crippen MR) is 81.4 cm³/mol. The van der Waals surface area contributed by atoms with E-state index in [1.54, 1.807) is 0 Å². The molecule has 1 fully saturated rings. The van der Waals surface area contributed by atoms with E-state index in [1.165, 1.54) is 41.3 Å². The molecule has 106 valence electrons. The number of nitrogens with two attached hydrogens (primary N) is 1. The molecule has 19 heavy (non-hydrogen) atoms. The zero-order valence-electron chi connectivity index (χ0n) is 12.5. The minimum Gasteiger partial charge on any atom is -0.319 e. The van der Waals surface area contributed by atoms with Crippen LogP contribution in [-0.2, 0) is 18.4 Å². The molecule has 3 rings (SSSR count). The molecule has 1 aromatic rings. The summed E-state index contributed by atoms with van der Waals surface area (Å²) < 4.78 is 0. The molecule has 0 aromatic carbocycles. The molecule has 0 radical (unpaired) electrons. The largest absolute Gasteiger partial charge is 0.319 e. The summed E-state index contributed by atoms with van der Waals surface area (Å²) in [6.45, 7) is 7.15. The number of aromatic nitrogens is 1.